The number of carbonyl (C=O) groups excluding carboxylic acids is 4. The normalized spacial score (nSPS) is 13.8. The van der Waals surface area contributed by atoms with Gasteiger partial charge in [-0.3, -0.25) is 37.3 Å². The van der Waals surface area contributed by atoms with E-state index < -0.39 is 97.5 Å². The Bertz CT molecular complexity index is 1910. The maximum Gasteiger partial charge on any atom is 0.472 e. The molecule has 0 rings (SSSR count). The quantitative estimate of drug-likeness (QED) is 0.0222. The Morgan fingerprint density at radius 3 is 0.680 bits per heavy atom. The molecule has 594 valence electrons. The molecule has 0 saturated carbocycles. The summed E-state index contributed by atoms with van der Waals surface area (Å²) >= 11 is 0. The molecule has 0 bridgehead atoms. The van der Waals surface area contributed by atoms with Crippen LogP contribution < -0.4 is 0 Å². The first-order valence-electron chi connectivity index (χ1n) is 42.1. The highest BCUT2D eigenvalue weighted by atomic mass is 31.2. The first-order valence-corrected chi connectivity index (χ1v) is 45.1. The summed E-state index contributed by atoms with van der Waals surface area (Å²) in [4.78, 5) is 73.0. The molecule has 0 radical (unpaired) electrons. The Morgan fingerprint density at radius 2 is 0.460 bits per heavy atom. The zero-order valence-electron chi connectivity index (χ0n) is 65.3. The third kappa shape index (κ3) is 74.3. The number of phosphoric ester groups is 2. The Kier molecular flexibility index (Phi) is 72.5. The second-order valence-corrected chi connectivity index (χ2v) is 32.5. The van der Waals surface area contributed by atoms with Gasteiger partial charge in [-0.2, -0.15) is 0 Å². The zero-order valence-corrected chi connectivity index (χ0v) is 67.1. The predicted octanol–water partition coefficient (Wildman–Crippen LogP) is 24.4. The van der Waals surface area contributed by atoms with Gasteiger partial charge in [0.2, 0.25) is 0 Å². The van der Waals surface area contributed by atoms with Gasteiger partial charge in [-0.05, 0) is 31.6 Å². The highest BCUT2D eigenvalue weighted by Gasteiger charge is 2.30. The van der Waals surface area contributed by atoms with E-state index in [1.807, 2.05) is 0 Å². The molecular formula is C81H158O17P2. The summed E-state index contributed by atoms with van der Waals surface area (Å²) < 4.78 is 68.7. The van der Waals surface area contributed by atoms with Crippen LogP contribution in [-0.4, -0.2) is 96.7 Å². The summed E-state index contributed by atoms with van der Waals surface area (Å²) in [6, 6.07) is 0. The molecule has 0 spiro atoms. The van der Waals surface area contributed by atoms with Gasteiger partial charge in [0.15, 0.2) is 12.2 Å². The molecule has 0 aromatic heterocycles. The van der Waals surface area contributed by atoms with Crippen LogP contribution in [0.3, 0.4) is 0 Å². The lowest BCUT2D eigenvalue weighted by Crippen LogP contribution is -2.30. The predicted molar refractivity (Wildman–Crippen MR) is 409 cm³/mol. The number of aliphatic hydroxyl groups is 1. The van der Waals surface area contributed by atoms with Crippen molar-refractivity contribution >= 4 is 39.5 Å². The number of esters is 4. The molecule has 0 saturated heterocycles. The number of phosphoric acid groups is 2. The Balaban J connectivity index is 5.22. The lowest BCUT2D eigenvalue weighted by atomic mass is 10.0. The molecule has 0 aromatic rings. The molecule has 0 heterocycles. The van der Waals surface area contributed by atoms with E-state index in [1.165, 1.54) is 257 Å². The SMILES string of the molecule is CCCCCCCCCCCCCCCCC(=O)OC[C@H](COP(=O)(O)OC[C@@H](O)COP(=O)(O)OC[C@@H](COC(=O)CCCCCCCCCCCCC)OC(=O)CCCCCCCCCCCCCCCC)OC(=O)CCCCCCCCCCCCCCCCCCCCC(C)C. The smallest absolute Gasteiger partial charge is 0.462 e. The summed E-state index contributed by atoms with van der Waals surface area (Å²) in [5.41, 5.74) is 0. The van der Waals surface area contributed by atoms with Crippen LogP contribution in [-0.2, 0) is 65.4 Å². The van der Waals surface area contributed by atoms with Crippen molar-refractivity contribution < 1.29 is 80.2 Å². The van der Waals surface area contributed by atoms with Crippen molar-refractivity contribution in [2.75, 3.05) is 39.6 Å². The van der Waals surface area contributed by atoms with Crippen LogP contribution >= 0.6 is 15.6 Å². The fraction of sp³-hybridized carbons (Fsp3) is 0.951. The summed E-state index contributed by atoms with van der Waals surface area (Å²) in [5, 5.41) is 10.6. The molecule has 0 fully saturated rings. The van der Waals surface area contributed by atoms with Crippen LogP contribution in [0.4, 0.5) is 0 Å². The summed E-state index contributed by atoms with van der Waals surface area (Å²) in [6.07, 6.45) is 65.1. The van der Waals surface area contributed by atoms with Crippen LogP contribution in [0.1, 0.15) is 433 Å². The number of aliphatic hydroxyl groups excluding tert-OH is 1. The summed E-state index contributed by atoms with van der Waals surface area (Å²) in [7, 11) is -9.92. The van der Waals surface area contributed by atoms with Gasteiger partial charge in [0.25, 0.3) is 0 Å². The molecule has 0 aliphatic heterocycles. The van der Waals surface area contributed by atoms with Crippen LogP contribution in [0, 0.1) is 5.92 Å². The average molecular weight is 1470 g/mol. The number of hydrogen-bond acceptors (Lipinski definition) is 15. The van der Waals surface area contributed by atoms with Crippen molar-refractivity contribution in [3.8, 4) is 0 Å². The second-order valence-electron chi connectivity index (χ2n) is 29.6. The maximum atomic E-state index is 13.1. The molecule has 100 heavy (non-hydrogen) atoms. The van der Waals surface area contributed by atoms with Crippen LogP contribution in [0.25, 0.3) is 0 Å². The molecule has 19 heteroatoms. The maximum absolute atomic E-state index is 13.1. The van der Waals surface area contributed by atoms with Crippen LogP contribution in [0.5, 0.6) is 0 Å². The summed E-state index contributed by atoms with van der Waals surface area (Å²) in [6.45, 7) is 7.37. The van der Waals surface area contributed by atoms with Gasteiger partial charge in [0.1, 0.15) is 19.3 Å². The van der Waals surface area contributed by atoms with Crippen LogP contribution in [0.15, 0.2) is 0 Å². The lowest BCUT2D eigenvalue weighted by molar-refractivity contribution is -0.161. The number of carbonyl (C=O) groups is 4. The minimum Gasteiger partial charge on any atom is -0.462 e. The van der Waals surface area contributed by atoms with Gasteiger partial charge in [-0.1, -0.05) is 381 Å². The van der Waals surface area contributed by atoms with Gasteiger partial charge in [-0.25, -0.2) is 9.13 Å². The molecule has 0 aliphatic carbocycles. The van der Waals surface area contributed by atoms with Crippen molar-refractivity contribution in [1.29, 1.82) is 0 Å². The lowest BCUT2D eigenvalue weighted by Gasteiger charge is -2.21. The minimum atomic E-state index is -4.96. The fourth-order valence-corrected chi connectivity index (χ4v) is 14.2. The van der Waals surface area contributed by atoms with Crippen molar-refractivity contribution in [1.82, 2.24) is 0 Å². The van der Waals surface area contributed by atoms with Crippen LogP contribution in [0.2, 0.25) is 0 Å². The van der Waals surface area contributed by atoms with Gasteiger partial charge in [0.05, 0.1) is 26.4 Å². The Hall–Kier alpha value is -1.94. The van der Waals surface area contributed by atoms with Gasteiger partial charge >= 0.3 is 39.5 Å². The second kappa shape index (κ2) is 73.9. The largest absolute Gasteiger partial charge is 0.472 e. The van der Waals surface area contributed by atoms with Gasteiger partial charge < -0.3 is 33.8 Å². The van der Waals surface area contributed by atoms with E-state index in [1.54, 1.807) is 0 Å². The Labute approximate surface area is 613 Å². The summed E-state index contributed by atoms with van der Waals surface area (Å²) in [5.74, 6) is -1.28. The van der Waals surface area contributed by atoms with Crippen molar-refractivity contribution in [3.05, 3.63) is 0 Å². The first kappa shape index (κ1) is 98.1. The minimum absolute atomic E-state index is 0.109. The third-order valence-electron chi connectivity index (χ3n) is 19.0. The van der Waals surface area contributed by atoms with Crippen molar-refractivity contribution in [2.45, 2.75) is 451 Å². The topological polar surface area (TPSA) is 237 Å². The molecule has 2 unspecified atom stereocenters. The van der Waals surface area contributed by atoms with E-state index in [0.29, 0.717) is 25.7 Å². The van der Waals surface area contributed by atoms with Gasteiger partial charge in [0, 0.05) is 25.7 Å². The number of ether oxygens (including phenoxy) is 4. The number of hydrogen-bond donors (Lipinski definition) is 3. The van der Waals surface area contributed by atoms with E-state index in [9.17, 15) is 43.2 Å². The first-order chi connectivity index (χ1) is 48.5. The highest BCUT2D eigenvalue weighted by molar-refractivity contribution is 7.47. The van der Waals surface area contributed by atoms with E-state index in [-0.39, 0.29) is 25.7 Å². The third-order valence-corrected chi connectivity index (χ3v) is 20.9. The molecule has 0 aromatic carbocycles. The fourth-order valence-electron chi connectivity index (χ4n) is 12.6. The van der Waals surface area contributed by atoms with Crippen molar-refractivity contribution in [3.63, 3.8) is 0 Å². The van der Waals surface area contributed by atoms with E-state index in [2.05, 4.69) is 34.6 Å². The van der Waals surface area contributed by atoms with E-state index in [4.69, 9.17) is 37.0 Å². The van der Waals surface area contributed by atoms with E-state index in [0.717, 1.165) is 95.8 Å². The standard InChI is InChI=1S/C81H158O17P2/c1-6-9-12-15-18-21-24-26-35-40-45-50-55-60-65-79(84)92-71-77(98-81(86)67-62-57-52-47-42-37-33-31-29-28-30-32-34-39-43-48-53-58-63-74(4)5)73-96-100(89,90)94-69-75(82)68-93-99(87,88)95-72-76(70-91-78(83)64-59-54-49-44-38-23-20-17-14-11-8-3)97-80(85)66-61-56-51-46-41-36-27-25-22-19-16-13-10-7-2/h74-77,82H,6-73H2,1-5H3,(H,87,88)(H,89,90)/t75-,76+,77+/m0/s1. The molecule has 5 atom stereocenters. The number of rotatable bonds is 81. The van der Waals surface area contributed by atoms with Crippen molar-refractivity contribution in [2.24, 2.45) is 5.92 Å². The molecule has 0 aliphatic rings. The molecule has 3 N–H and O–H groups in total. The molecule has 17 nitrogen and oxygen atoms in total. The van der Waals surface area contributed by atoms with Gasteiger partial charge in [-0.15, -0.1) is 0 Å². The Morgan fingerprint density at radius 1 is 0.270 bits per heavy atom. The molecule has 0 amide bonds. The average Bonchev–Trinajstić information content (AvgIpc) is 0.945. The molecular weight excluding hydrogens is 1310 g/mol. The monoisotopic (exact) mass is 1470 g/mol. The highest BCUT2D eigenvalue weighted by Crippen LogP contribution is 2.45. The zero-order chi connectivity index (χ0) is 73.4. The van der Waals surface area contributed by atoms with E-state index >= 15 is 0 Å². The number of unbranched alkanes of at least 4 members (excludes halogenated alkanes) is 53.